The number of nitrogens with zero attached hydrogens (tertiary/aromatic N) is 2. The minimum Gasteiger partial charge on any atom is -0.493 e. The van der Waals surface area contributed by atoms with E-state index in [2.05, 4.69) is 5.32 Å². The zero-order valence-corrected chi connectivity index (χ0v) is 23.5. The molecule has 7 nitrogen and oxygen atoms in total. The molecule has 212 valence electrons. The van der Waals surface area contributed by atoms with Gasteiger partial charge in [-0.3, -0.25) is 14.4 Å². The molecule has 2 heterocycles. The number of rotatable bonds is 7. The van der Waals surface area contributed by atoms with Crippen LogP contribution in [0.3, 0.4) is 0 Å². The zero-order valence-electron chi connectivity index (χ0n) is 23.5. The fourth-order valence-corrected chi connectivity index (χ4v) is 6.58. The molecule has 0 aromatic heterocycles. The van der Waals surface area contributed by atoms with Gasteiger partial charge in [0.05, 0.1) is 12.5 Å². The van der Waals surface area contributed by atoms with Gasteiger partial charge in [-0.2, -0.15) is 0 Å². The number of carbonyl (C=O) groups excluding carboxylic acids is 3. The highest BCUT2D eigenvalue weighted by Crippen LogP contribution is 2.41. The van der Waals surface area contributed by atoms with Crippen molar-refractivity contribution in [2.75, 3.05) is 32.8 Å². The predicted octanol–water partition coefficient (Wildman–Crippen LogP) is 4.93. The van der Waals surface area contributed by atoms with Gasteiger partial charge in [0.2, 0.25) is 11.8 Å². The van der Waals surface area contributed by atoms with Crippen LogP contribution in [0.5, 0.6) is 5.75 Å². The highest BCUT2D eigenvalue weighted by atomic mass is 16.5. The van der Waals surface area contributed by atoms with E-state index < -0.39 is 0 Å². The van der Waals surface area contributed by atoms with Gasteiger partial charge < -0.3 is 19.9 Å². The minimum atomic E-state index is -0.164. The number of amides is 3. The topological polar surface area (TPSA) is 79.0 Å². The van der Waals surface area contributed by atoms with E-state index in [0.717, 1.165) is 69.3 Å². The van der Waals surface area contributed by atoms with E-state index in [1.807, 2.05) is 77.4 Å². The van der Waals surface area contributed by atoms with E-state index >= 15 is 0 Å². The summed E-state index contributed by atoms with van der Waals surface area (Å²) in [5, 5.41) is 3.17. The second-order valence-electron chi connectivity index (χ2n) is 11.5. The lowest BCUT2D eigenvalue weighted by atomic mass is 9.77. The van der Waals surface area contributed by atoms with E-state index in [4.69, 9.17) is 4.74 Å². The van der Waals surface area contributed by atoms with Crippen LogP contribution in [-0.4, -0.2) is 66.3 Å². The number of carbonyl (C=O) groups is 3. The van der Waals surface area contributed by atoms with E-state index in [1.54, 1.807) is 6.08 Å². The number of para-hydroxylation sites is 1. The average Bonchev–Trinajstić information content (AvgIpc) is 3.40. The summed E-state index contributed by atoms with van der Waals surface area (Å²) in [6, 6.07) is 16.9. The maximum atomic E-state index is 13.7. The predicted molar refractivity (Wildman–Crippen MR) is 156 cm³/mol. The van der Waals surface area contributed by atoms with Crippen LogP contribution in [0.4, 0.5) is 0 Å². The molecular weight excluding hydrogens is 502 g/mol. The summed E-state index contributed by atoms with van der Waals surface area (Å²) in [5.41, 5.74) is 1.61. The quantitative estimate of drug-likeness (QED) is 0.503. The summed E-state index contributed by atoms with van der Waals surface area (Å²) in [6.07, 6.45) is 9.99. The van der Waals surface area contributed by atoms with Crippen LogP contribution in [-0.2, 0) is 9.59 Å². The molecule has 3 aliphatic rings. The molecule has 2 aromatic rings. The van der Waals surface area contributed by atoms with Crippen LogP contribution in [0, 0.1) is 11.3 Å². The van der Waals surface area contributed by atoms with Crippen LogP contribution in [0.15, 0.2) is 60.7 Å². The standard InChI is InChI=1S/C33H41N3O4/c1-2-40-29-15-9-6-10-25(29)16-17-30(37)35-21-18-33(19-22-35)20-23-36(24-33)32(39)27-13-7-8-14-28(27)34-31(38)26-11-4-3-5-12-26/h3-6,9-12,15-17,27-28H,2,7-8,13-14,18-24H2,1H3,(H,34,38). The summed E-state index contributed by atoms with van der Waals surface area (Å²) in [6.45, 7) is 5.45. The lowest BCUT2D eigenvalue weighted by Gasteiger charge is -2.39. The van der Waals surface area contributed by atoms with Gasteiger partial charge in [-0.05, 0) is 68.7 Å². The lowest BCUT2D eigenvalue weighted by Crippen LogP contribution is -2.50. The highest BCUT2D eigenvalue weighted by molar-refractivity contribution is 5.95. The molecular formula is C33H41N3O4. The molecule has 1 spiro atoms. The van der Waals surface area contributed by atoms with E-state index in [0.29, 0.717) is 25.3 Å². The van der Waals surface area contributed by atoms with Gasteiger partial charge in [0.1, 0.15) is 5.75 Å². The normalized spacial score (nSPS) is 22.4. The molecule has 1 aliphatic carbocycles. The van der Waals surface area contributed by atoms with Crippen molar-refractivity contribution in [3.63, 3.8) is 0 Å². The van der Waals surface area contributed by atoms with Crippen LogP contribution in [0.1, 0.15) is 67.8 Å². The van der Waals surface area contributed by atoms with Crippen molar-refractivity contribution in [1.29, 1.82) is 0 Å². The Morgan fingerprint density at radius 1 is 0.925 bits per heavy atom. The lowest BCUT2D eigenvalue weighted by molar-refractivity contribution is -0.137. The first kappa shape index (κ1) is 27.9. The average molecular weight is 544 g/mol. The Hall–Kier alpha value is -3.61. The van der Waals surface area contributed by atoms with Gasteiger partial charge in [-0.1, -0.05) is 49.2 Å². The molecule has 2 atom stereocenters. The Balaban J connectivity index is 1.15. The Morgan fingerprint density at radius 2 is 1.60 bits per heavy atom. The van der Waals surface area contributed by atoms with Crippen LogP contribution >= 0.6 is 0 Å². The fourth-order valence-electron chi connectivity index (χ4n) is 6.58. The molecule has 7 heteroatoms. The van der Waals surface area contributed by atoms with Gasteiger partial charge >= 0.3 is 0 Å². The first-order valence-electron chi connectivity index (χ1n) is 14.8. The number of ether oxygens (including phenoxy) is 1. The van der Waals surface area contributed by atoms with Gasteiger partial charge in [0.25, 0.3) is 5.91 Å². The molecule has 0 bridgehead atoms. The second kappa shape index (κ2) is 12.7. The molecule has 0 radical (unpaired) electrons. The van der Waals surface area contributed by atoms with Crippen molar-refractivity contribution in [1.82, 2.24) is 15.1 Å². The van der Waals surface area contributed by atoms with Crippen LogP contribution in [0.25, 0.3) is 6.08 Å². The third-order valence-electron chi connectivity index (χ3n) is 8.95. The molecule has 2 unspecified atom stereocenters. The first-order valence-corrected chi connectivity index (χ1v) is 14.8. The highest BCUT2D eigenvalue weighted by Gasteiger charge is 2.45. The molecule has 5 rings (SSSR count). The third kappa shape index (κ3) is 6.40. The molecule has 1 N–H and O–H groups in total. The smallest absolute Gasteiger partial charge is 0.251 e. The summed E-state index contributed by atoms with van der Waals surface area (Å²) >= 11 is 0. The van der Waals surface area contributed by atoms with Gasteiger partial charge in [0, 0.05) is 49.4 Å². The van der Waals surface area contributed by atoms with Crippen LogP contribution < -0.4 is 10.1 Å². The van der Waals surface area contributed by atoms with Crippen molar-refractivity contribution in [2.45, 2.75) is 57.9 Å². The monoisotopic (exact) mass is 543 g/mol. The van der Waals surface area contributed by atoms with Crippen molar-refractivity contribution in [3.05, 3.63) is 71.8 Å². The molecule has 2 aromatic carbocycles. The van der Waals surface area contributed by atoms with Crippen molar-refractivity contribution in [2.24, 2.45) is 11.3 Å². The number of nitrogens with one attached hydrogen (secondary N) is 1. The number of hydrogen-bond donors (Lipinski definition) is 1. The van der Waals surface area contributed by atoms with Gasteiger partial charge in [-0.25, -0.2) is 0 Å². The van der Waals surface area contributed by atoms with Gasteiger partial charge in [0.15, 0.2) is 0 Å². The summed E-state index contributed by atoms with van der Waals surface area (Å²) in [7, 11) is 0. The van der Waals surface area contributed by atoms with Crippen molar-refractivity contribution in [3.8, 4) is 5.75 Å². The van der Waals surface area contributed by atoms with Crippen LogP contribution in [0.2, 0.25) is 0 Å². The molecule has 3 amide bonds. The van der Waals surface area contributed by atoms with E-state index in [-0.39, 0.29) is 35.1 Å². The largest absolute Gasteiger partial charge is 0.493 e. The maximum Gasteiger partial charge on any atom is 0.251 e. The third-order valence-corrected chi connectivity index (χ3v) is 8.95. The number of likely N-dealkylation sites (tertiary alicyclic amines) is 2. The molecule has 2 aliphatic heterocycles. The van der Waals surface area contributed by atoms with Gasteiger partial charge in [-0.15, -0.1) is 0 Å². The van der Waals surface area contributed by atoms with Crippen molar-refractivity contribution >= 4 is 23.8 Å². The maximum absolute atomic E-state index is 13.7. The Kier molecular flexibility index (Phi) is 8.88. The summed E-state index contributed by atoms with van der Waals surface area (Å²) < 4.78 is 5.67. The Bertz CT molecular complexity index is 1220. The number of hydrogen-bond acceptors (Lipinski definition) is 4. The minimum absolute atomic E-state index is 0.0197. The van der Waals surface area contributed by atoms with E-state index in [1.165, 1.54) is 0 Å². The molecule has 2 saturated heterocycles. The van der Waals surface area contributed by atoms with E-state index in [9.17, 15) is 14.4 Å². The number of benzene rings is 2. The Labute approximate surface area is 237 Å². The molecule has 3 fully saturated rings. The second-order valence-corrected chi connectivity index (χ2v) is 11.5. The number of piperidine rings is 1. The zero-order chi connectivity index (χ0) is 28.0. The van der Waals surface area contributed by atoms with Crippen molar-refractivity contribution < 1.29 is 19.1 Å². The SMILES string of the molecule is CCOc1ccccc1C=CC(=O)N1CCC2(CC1)CCN(C(=O)C1CCCCC1NC(=O)c1ccccc1)C2. The fraction of sp³-hybridized carbons (Fsp3) is 0.485. The summed E-state index contributed by atoms with van der Waals surface area (Å²) in [5.74, 6) is 0.719. The first-order chi connectivity index (χ1) is 19.5. The molecule has 1 saturated carbocycles. The summed E-state index contributed by atoms with van der Waals surface area (Å²) in [4.78, 5) is 43.4. The Morgan fingerprint density at radius 3 is 2.35 bits per heavy atom. The molecule has 40 heavy (non-hydrogen) atoms.